The van der Waals surface area contributed by atoms with E-state index in [2.05, 4.69) is 6.07 Å². The third kappa shape index (κ3) is 2.90. The zero-order chi connectivity index (χ0) is 8.10. The maximum Gasteiger partial charge on any atom is 0.0655 e. The largest absolute Gasteiger partial charge is 0.393 e. The van der Waals surface area contributed by atoms with Gasteiger partial charge in [-0.25, -0.2) is 0 Å². The molecular formula is C9H15NO. The molecule has 1 rings (SSSR count). The fourth-order valence-electron chi connectivity index (χ4n) is 1.62. The highest BCUT2D eigenvalue weighted by molar-refractivity contribution is 4.83. The molecule has 0 spiro atoms. The van der Waals surface area contributed by atoms with Gasteiger partial charge >= 0.3 is 0 Å². The fraction of sp³-hybridized carbons (Fsp3) is 0.889. The highest BCUT2D eigenvalue weighted by Crippen LogP contribution is 2.21. The number of aliphatic hydroxyl groups excluding tert-OH is 1. The lowest BCUT2D eigenvalue weighted by molar-refractivity contribution is 0.138. The second-order valence-electron chi connectivity index (χ2n) is 3.34. The van der Waals surface area contributed by atoms with Gasteiger partial charge in [0, 0.05) is 5.92 Å². The van der Waals surface area contributed by atoms with E-state index in [1.165, 1.54) is 0 Å². The Bertz CT molecular complexity index is 140. The third-order valence-electron chi connectivity index (χ3n) is 2.36. The molecule has 0 amide bonds. The van der Waals surface area contributed by atoms with E-state index in [-0.39, 0.29) is 12.0 Å². The average molecular weight is 153 g/mol. The maximum absolute atomic E-state index is 9.29. The maximum atomic E-state index is 9.29. The first-order valence-electron chi connectivity index (χ1n) is 4.40. The standard InChI is InChI=1S/C9H15NO/c10-7-8-3-1-5-9(11)6-2-4-8/h8-9,11H,1-6H2. The average Bonchev–Trinajstić information content (AvgIpc) is 1.96. The summed E-state index contributed by atoms with van der Waals surface area (Å²) in [5.41, 5.74) is 0. The van der Waals surface area contributed by atoms with Crippen molar-refractivity contribution in [1.29, 1.82) is 5.26 Å². The number of hydrogen-bond acceptors (Lipinski definition) is 2. The molecule has 1 aliphatic rings. The van der Waals surface area contributed by atoms with Gasteiger partial charge in [0.25, 0.3) is 0 Å². The lowest BCUT2D eigenvalue weighted by Gasteiger charge is -2.16. The molecule has 0 bridgehead atoms. The van der Waals surface area contributed by atoms with Crippen LogP contribution in [0.2, 0.25) is 0 Å². The summed E-state index contributed by atoms with van der Waals surface area (Å²) in [5.74, 6) is 0.252. The predicted molar refractivity (Wildman–Crippen MR) is 42.8 cm³/mol. The quantitative estimate of drug-likeness (QED) is 0.577. The molecule has 1 fully saturated rings. The molecular weight excluding hydrogens is 138 g/mol. The van der Waals surface area contributed by atoms with Crippen molar-refractivity contribution in [3.8, 4) is 6.07 Å². The minimum Gasteiger partial charge on any atom is -0.393 e. The van der Waals surface area contributed by atoms with Crippen molar-refractivity contribution in [2.75, 3.05) is 0 Å². The molecule has 0 aliphatic heterocycles. The van der Waals surface area contributed by atoms with Gasteiger partial charge in [-0.15, -0.1) is 0 Å². The first kappa shape index (κ1) is 8.55. The SMILES string of the molecule is N#CC1CCCC(O)CCC1. The van der Waals surface area contributed by atoms with Crippen molar-refractivity contribution < 1.29 is 5.11 Å². The lowest BCUT2D eigenvalue weighted by Crippen LogP contribution is -2.11. The van der Waals surface area contributed by atoms with Gasteiger partial charge in [-0.2, -0.15) is 5.26 Å². The van der Waals surface area contributed by atoms with Gasteiger partial charge in [0.1, 0.15) is 0 Å². The highest BCUT2D eigenvalue weighted by atomic mass is 16.3. The summed E-state index contributed by atoms with van der Waals surface area (Å²) >= 11 is 0. The van der Waals surface area contributed by atoms with Crippen molar-refractivity contribution in [3.05, 3.63) is 0 Å². The minimum absolute atomic E-state index is 0.102. The van der Waals surface area contributed by atoms with Crippen LogP contribution < -0.4 is 0 Å². The van der Waals surface area contributed by atoms with Crippen LogP contribution in [0.1, 0.15) is 38.5 Å². The zero-order valence-corrected chi connectivity index (χ0v) is 6.79. The smallest absolute Gasteiger partial charge is 0.0655 e. The number of hydrogen-bond donors (Lipinski definition) is 1. The molecule has 2 heteroatoms. The van der Waals surface area contributed by atoms with Crippen LogP contribution in [0.5, 0.6) is 0 Å². The number of rotatable bonds is 0. The molecule has 0 heterocycles. The first-order valence-corrected chi connectivity index (χ1v) is 4.40. The van der Waals surface area contributed by atoms with Crippen LogP contribution in [0.3, 0.4) is 0 Å². The van der Waals surface area contributed by atoms with Crippen LogP contribution in [-0.2, 0) is 0 Å². The number of nitriles is 1. The first-order chi connectivity index (χ1) is 5.33. The van der Waals surface area contributed by atoms with E-state index in [0.29, 0.717) is 0 Å². The second-order valence-corrected chi connectivity index (χ2v) is 3.34. The van der Waals surface area contributed by atoms with Crippen LogP contribution in [0.4, 0.5) is 0 Å². The van der Waals surface area contributed by atoms with Gasteiger partial charge in [-0.3, -0.25) is 0 Å². The monoisotopic (exact) mass is 153 g/mol. The predicted octanol–water partition coefficient (Wildman–Crippen LogP) is 1.84. The van der Waals surface area contributed by atoms with Crippen molar-refractivity contribution in [2.24, 2.45) is 5.92 Å². The van der Waals surface area contributed by atoms with Crippen molar-refractivity contribution in [1.82, 2.24) is 0 Å². The number of nitrogens with zero attached hydrogens (tertiary/aromatic N) is 1. The molecule has 0 aromatic carbocycles. The number of aliphatic hydroxyl groups is 1. The van der Waals surface area contributed by atoms with Gasteiger partial charge in [0.15, 0.2) is 0 Å². The van der Waals surface area contributed by atoms with Gasteiger partial charge in [-0.05, 0) is 38.5 Å². The molecule has 1 aliphatic carbocycles. The molecule has 62 valence electrons. The summed E-state index contributed by atoms with van der Waals surface area (Å²) < 4.78 is 0. The Morgan fingerprint density at radius 3 is 2.09 bits per heavy atom. The summed E-state index contributed by atoms with van der Waals surface area (Å²) in [5, 5.41) is 18.0. The topological polar surface area (TPSA) is 44.0 Å². The van der Waals surface area contributed by atoms with Gasteiger partial charge in [0.05, 0.1) is 12.2 Å². The molecule has 0 atom stereocenters. The molecule has 0 radical (unpaired) electrons. The molecule has 2 nitrogen and oxygen atoms in total. The Labute approximate surface area is 67.8 Å². The van der Waals surface area contributed by atoms with E-state index in [9.17, 15) is 5.11 Å². The van der Waals surface area contributed by atoms with E-state index < -0.39 is 0 Å². The van der Waals surface area contributed by atoms with Crippen LogP contribution in [0.25, 0.3) is 0 Å². The Kier molecular flexibility index (Phi) is 3.38. The molecule has 1 N–H and O–H groups in total. The summed E-state index contributed by atoms with van der Waals surface area (Å²) in [4.78, 5) is 0. The van der Waals surface area contributed by atoms with E-state index in [4.69, 9.17) is 5.26 Å². The Morgan fingerprint density at radius 2 is 1.64 bits per heavy atom. The third-order valence-corrected chi connectivity index (χ3v) is 2.36. The van der Waals surface area contributed by atoms with Crippen molar-refractivity contribution >= 4 is 0 Å². The Balaban J connectivity index is 2.29. The highest BCUT2D eigenvalue weighted by Gasteiger charge is 2.13. The Hall–Kier alpha value is -0.550. The molecule has 0 unspecified atom stereocenters. The molecule has 11 heavy (non-hydrogen) atoms. The summed E-state index contributed by atoms with van der Waals surface area (Å²) in [6.07, 6.45) is 5.66. The Morgan fingerprint density at radius 1 is 1.09 bits per heavy atom. The van der Waals surface area contributed by atoms with Gasteiger partial charge in [0.2, 0.25) is 0 Å². The normalized spacial score (nSPS) is 33.5. The fourth-order valence-corrected chi connectivity index (χ4v) is 1.62. The molecule has 0 aromatic heterocycles. The molecule has 0 aromatic rings. The molecule has 1 saturated carbocycles. The van der Waals surface area contributed by atoms with E-state index >= 15 is 0 Å². The zero-order valence-electron chi connectivity index (χ0n) is 6.79. The lowest BCUT2D eigenvalue weighted by atomic mass is 9.91. The van der Waals surface area contributed by atoms with Crippen LogP contribution in [-0.4, -0.2) is 11.2 Å². The minimum atomic E-state index is -0.102. The van der Waals surface area contributed by atoms with Crippen LogP contribution in [0, 0.1) is 17.2 Å². The van der Waals surface area contributed by atoms with Crippen LogP contribution >= 0.6 is 0 Å². The van der Waals surface area contributed by atoms with Crippen molar-refractivity contribution in [3.63, 3.8) is 0 Å². The molecule has 0 saturated heterocycles. The van der Waals surface area contributed by atoms with Crippen LogP contribution in [0.15, 0.2) is 0 Å². The van der Waals surface area contributed by atoms with Gasteiger partial charge < -0.3 is 5.11 Å². The second kappa shape index (κ2) is 4.35. The van der Waals surface area contributed by atoms with E-state index in [1.807, 2.05) is 0 Å². The van der Waals surface area contributed by atoms with E-state index in [0.717, 1.165) is 38.5 Å². The van der Waals surface area contributed by atoms with Crippen molar-refractivity contribution in [2.45, 2.75) is 44.6 Å². The summed E-state index contributed by atoms with van der Waals surface area (Å²) in [6, 6.07) is 2.30. The summed E-state index contributed by atoms with van der Waals surface area (Å²) in [7, 11) is 0. The van der Waals surface area contributed by atoms with E-state index in [1.54, 1.807) is 0 Å². The van der Waals surface area contributed by atoms with Gasteiger partial charge in [-0.1, -0.05) is 0 Å². The summed E-state index contributed by atoms with van der Waals surface area (Å²) in [6.45, 7) is 0.